The molecule has 0 N–H and O–H groups in total. The average Bonchev–Trinajstić information content (AvgIpc) is 3.38. The standard InChI is InChI=1S/C21H18O8/c1-23-10-4-5-11-13(6-10)29-15-8-26-21(22)17(15)16(11)12-7-14(24-2)19-20(18(12)25-3)28-9-27-19/h4-7,16H,8-9H2,1-3H3. The monoisotopic (exact) mass is 398 g/mol. The van der Waals surface area contributed by atoms with Crippen LogP contribution >= 0.6 is 0 Å². The molecule has 0 aromatic heterocycles. The van der Waals surface area contributed by atoms with E-state index in [-0.39, 0.29) is 13.4 Å². The van der Waals surface area contributed by atoms with Crippen LogP contribution in [0.25, 0.3) is 0 Å². The molecule has 1 atom stereocenters. The predicted octanol–water partition coefficient (Wildman–Crippen LogP) is 2.78. The van der Waals surface area contributed by atoms with Crippen LogP contribution < -0.4 is 28.4 Å². The minimum atomic E-state index is -0.493. The SMILES string of the molecule is COc1ccc2c(c1)OC1=C(C(=O)OC1)C2c1cc(OC)c2c(c1OC)OCO2. The minimum Gasteiger partial charge on any atom is -0.497 e. The van der Waals surface area contributed by atoms with Gasteiger partial charge in [0, 0.05) is 17.2 Å². The summed E-state index contributed by atoms with van der Waals surface area (Å²) >= 11 is 0. The summed E-state index contributed by atoms with van der Waals surface area (Å²) in [6, 6.07) is 7.26. The van der Waals surface area contributed by atoms with E-state index in [1.165, 1.54) is 0 Å². The van der Waals surface area contributed by atoms with Gasteiger partial charge in [0.1, 0.15) is 18.1 Å². The van der Waals surface area contributed by atoms with Crippen LogP contribution in [-0.2, 0) is 9.53 Å². The quantitative estimate of drug-likeness (QED) is 0.728. The van der Waals surface area contributed by atoms with Crippen LogP contribution in [0, 0.1) is 0 Å². The Morgan fingerprint density at radius 1 is 0.931 bits per heavy atom. The van der Waals surface area contributed by atoms with Gasteiger partial charge >= 0.3 is 5.97 Å². The summed E-state index contributed by atoms with van der Waals surface area (Å²) in [7, 11) is 4.68. The second-order valence-electron chi connectivity index (χ2n) is 6.62. The summed E-state index contributed by atoms with van der Waals surface area (Å²) < 4.78 is 38.9. The Balaban J connectivity index is 1.78. The Morgan fingerprint density at radius 2 is 1.76 bits per heavy atom. The van der Waals surface area contributed by atoms with Crippen LogP contribution in [0.1, 0.15) is 17.0 Å². The van der Waals surface area contributed by atoms with E-state index < -0.39 is 11.9 Å². The van der Waals surface area contributed by atoms with Crippen LogP contribution in [-0.4, -0.2) is 40.7 Å². The Kier molecular flexibility index (Phi) is 3.94. The number of cyclic esters (lactones) is 1. The first-order chi connectivity index (χ1) is 14.2. The molecule has 2 aromatic rings. The molecular formula is C21H18O8. The summed E-state index contributed by atoms with van der Waals surface area (Å²) in [6.07, 6.45) is 0. The van der Waals surface area contributed by atoms with E-state index in [0.717, 1.165) is 5.56 Å². The highest BCUT2D eigenvalue weighted by Gasteiger charge is 2.43. The molecule has 5 rings (SSSR count). The second-order valence-corrected chi connectivity index (χ2v) is 6.62. The van der Waals surface area contributed by atoms with Gasteiger partial charge in [0.25, 0.3) is 0 Å². The number of carbonyl (C=O) groups is 1. The second kappa shape index (κ2) is 6.51. The highest BCUT2D eigenvalue weighted by molar-refractivity contribution is 5.95. The van der Waals surface area contributed by atoms with Crippen molar-refractivity contribution in [3.8, 4) is 34.5 Å². The maximum Gasteiger partial charge on any atom is 0.339 e. The van der Waals surface area contributed by atoms with Crippen LogP contribution in [0.2, 0.25) is 0 Å². The van der Waals surface area contributed by atoms with E-state index in [9.17, 15) is 4.79 Å². The molecule has 3 heterocycles. The van der Waals surface area contributed by atoms with Gasteiger partial charge in [0.2, 0.25) is 18.3 Å². The zero-order valence-corrected chi connectivity index (χ0v) is 16.1. The molecule has 0 fully saturated rings. The van der Waals surface area contributed by atoms with Gasteiger partial charge in [0.05, 0.1) is 32.8 Å². The molecule has 1 unspecified atom stereocenters. The molecule has 3 aliphatic heterocycles. The lowest BCUT2D eigenvalue weighted by atomic mass is 9.81. The van der Waals surface area contributed by atoms with Crippen molar-refractivity contribution in [2.45, 2.75) is 5.92 Å². The van der Waals surface area contributed by atoms with Gasteiger partial charge in [-0.25, -0.2) is 4.79 Å². The summed E-state index contributed by atoms with van der Waals surface area (Å²) in [5.41, 5.74) is 1.90. The normalized spacial score (nSPS) is 18.6. The van der Waals surface area contributed by atoms with Crippen molar-refractivity contribution in [2.24, 2.45) is 0 Å². The van der Waals surface area contributed by atoms with E-state index in [2.05, 4.69) is 0 Å². The molecule has 2 aromatic carbocycles. The molecule has 0 amide bonds. The highest BCUT2D eigenvalue weighted by atomic mass is 16.7. The molecule has 0 saturated heterocycles. The summed E-state index contributed by atoms with van der Waals surface area (Å²) in [4.78, 5) is 12.6. The van der Waals surface area contributed by atoms with Crippen LogP contribution in [0.5, 0.6) is 34.5 Å². The maximum atomic E-state index is 12.6. The highest BCUT2D eigenvalue weighted by Crippen LogP contribution is 2.56. The Morgan fingerprint density at radius 3 is 2.52 bits per heavy atom. The third-order valence-corrected chi connectivity index (χ3v) is 5.23. The summed E-state index contributed by atoms with van der Waals surface area (Å²) in [6.45, 7) is 0.133. The Labute approximate surface area is 166 Å². The van der Waals surface area contributed by atoms with E-state index in [0.29, 0.717) is 51.4 Å². The van der Waals surface area contributed by atoms with Crippen LogP contribution in [0.4, 0.5) is 0 Å². The number of fused-ring (bicyclic) bond motifs is 2. The maximum absolute atomic E-state index is 12.6. The lowest BCUT2D eigenvalue weighted by Gasteiger charge is -2.28. The van der Waals surface area contributed by atoms with E-state index >= 15 is 0 Å². The number of hydrogen-bond donors (Lipinski definition) is 0. The van der Waals surface area contributed by atoms with Crippen molar-refractivity contribution in [3.63, 3.8) is 0 Å². The zero-order valence-electron chi connectivity index (χ0n) is 16.1. The first-order valence-electron chi connectivity index (χ1n) is 8.96. The fourth-order valence-electron chi connectivity index (χ4n) is 3.95. The van der Waals surface area contributed by atoms with Crippen molar-refractivity contribution in [1.29, 1.82) is 0 Å². The number of methoxy groups -OCH3 is 3. The lowest BCUT2D eigenvalue weighted by Crippen LogP contribution is -2.19. The third-order valence-electron chi connectivity index (χ3n) is 5.23. The minimum absolute atomic E-state index is 0.0586. The molecule has 0 bridgehead atoms. The van der Waals surface area contributed by atoms with E-state index in [1.807, 2.05) is 12.1 Å². The molecule has 29 heavy (non-hydrogen) atoms. The molecule has 8 heteroatoms. The smallest absolute Gasteiger partial charge is 0.339 e. The fraction of sp³-hybridized carbons (Fsp3) is 0.286. The van der Waals surface area contributed by atoms with Crippen LogP contribution in [0.3, 0.4) is 0 Å². The largest absolute Gasteiger partial charge is 0.497 e. The van der Waals surface area contributed by atoms with Crippen molar-refractivity contribution in [3.05, 3.63) is 46.7 Å². The number of hydrogen-bond acceptors (Lipinski definition) is 8. The van der Waals surface area contributed by atoms with Crippen LogP contribution in [0.15, 0.2) is 35.6 Å². The van der Waals surface area contributed by atoms with E-state index in [1.54, 1.807) is 33.5 Å². The molecular weight excluding hydrogens is 380 g/mol. The Hall–Kier alpha value is -3.55. The Bertz CT molecular complexity index is 1060. The number of esters is 1. The first kappa shape index (κ1) is 17.5. The summed E-state index contributed by atoms with van der Waals surface area (Å²) in [5.74, 6) is 2.66. The molecule has 0 saturated carbocycles. The van der Waals surface area contributed by atoms with Gasteiger partial charge in [0.15, 0.2) is 17.3 Å². The molecule has 3 aliphatic rings. The molecule has 0 radical (unpaired) electrons. The number of carbonyl (C=O) groups excluding carboxylic acids is 1. The number of benzene rings is 2. The predicted molar refractivity (Wildman–Crippen MR) is 99.1 cm³/mol. The van der Waals surface area contributed by atoms with Crippen molar-refractivity contribution < 1.29 is 38.0 Å². The average molecular weight is 398 g/mol. The van der Waals surface area contributed by atoms with Gasteiger partial charge in [-0.15, -0.1) is 0 Å². The molecule has 0 spiro atoms. The van der Waals surface area contributed by atoms with Gasteiger partial charge in [-0.2, -0.15) is 0 Å². The van der Waals surface area contributed by atoms with E-state index in [4.69, 9.17) is 33.2 Å². The first-order valence-corrected chi connectivity index (χ1v) is 8.96. The van der Waals surface area contributed by atoms with Crippen molar-refractivity contribution in [1.82, 2.24) is 0 Å². The third kappa shape index (κ3) is 2.48. The number of rotatable bonds is 4. The van der Waals surface area contributed by atoms with Gasteiger partial charge in [-0.1, -0.05) is 6.07 Å². The lowest BCUT2D eigenvalue weighted by molar-refractivity contribution is -0.136. The van der Waals surface area contributed by atoms with Gasteiger partial charge in [-0.3, -0.25) is 0 Å². The topological polar surface area (TPSA) is 81.7 Å². The van der Waals surface area contributed by atoms with Gasteiger partial charge < -0.3 is 33.2 Å². The van der Waals surface area contributed by atoms with Crippen molar-refractivity contribution in [2.75, 3.05) is 34.7 Å². The molecule has 8 nitrogen and oxygen atoms in total. The zero-order chi connectivity index (χ0) is 20.1. The van der Waals surface area contributed by atoms with Crippen molar-refractivity contribution >= 4 is 5.97 Å². The molecule has 0 aliphatic carbocycles. The molecule has 150 valence electrons. The van der Waals surface area contributed by atoms with Gasteiger partial charge in [-0.05, 0) is 12.1 Å². The number of ether oxygens (including phenoxy) is 7. The fourth-order valence-corrected chi connectivity index (χ4v) is 3.95. The summed E-state index contributed by atoms with van der Waals surface area (Å²) in [5, 5.41) is 0.